The number of ether oxygens (including phenoxy) is 1. The van der Waals surface area contributed by atoms with Gasteiger partial charge in [-0.05, 0) is 36.1 Å². The number of nitrogens with zero attached hydrogens (tertiary/aromatic N) is 2. The van der Waals surface area contributed by atoms with Crippen LogP contribution in [0.4, 0.5) is 4.79 Å². The number of amides is 2. The van der Waals surface area contributed by atoms with E-state index < -0.39 is 36.5 Å². The van der Waals surface area contributed by atoms with Gasteiger partial charge in [-0.25, -0.2) is 9.78 Å². The number of benzene rings is 2. The van der Waals surface area contributed by atoms with E-state index in [-0.39, 0.29) is 12.5 Å². The van der Waals surface area contributed by atoms with Gasteiger partial charge >= 0.3 is 12.1 Å². The highest BCUT2D eigenvalue weighted by atomic mass is 16.5. The lowest BCUT2D eigenvalue weighted by atomic mass is 9.98. The Morgan fingerprint density at radius 3 is 2.24 bits per heavy atom. The first-order valence-corrected chi connectivity index (χ1v) is 10.9. The lowest BCUT2D eigenvalue weighted by Crippen LogP contribution is -2.48. The molecular weight excluding hydrogens is 438 g/mol. The van der Waals surface area contributed by atoms with Crippen molar-refractivity contribution in [2.75, 3.05) is 6.61 Å². The van der Waals surface area contributed by atoms with Crippen LogP contribution in [-0.4, -0.2) is 50.9 Å². The molecule has 1 heterocycles. The van der Waals surface area contributed by atoms with E-state index in [0.717, 1.165) is 22.3 Å². The maximum atomic E-state index is 12.7. The highest BCUT2D eigenvalue weighted by Gasteiger charge is 2.30. The maximum absolute atomic E-state index is 12.7. The lowest BCUT2D eigenvalue weighted by molar-refractivity contribution is -0.140. The van der Waals surface area contributed by atoms with E-state index in [1.165, 1.54) is 0 Å². The normalized spacial score (nSPS) is 13.9. The largest absolute Gasteiger partial charge is 0.481 e. The second kappa shape index (κ2) is 9.74. The van der Waals surface area contributed by atoms with E-state index in [2.05, 4.69) is 25.8 Å². The quantitative estimate of drug-likeness (QED) is 0.402. The Bertz CT molecular complexity index is 1180. The van der Waals surface area contributed by atoms with E-state index in [1.807, 2.05) is 48.5 Å². The fourth-order valence-electron chi connectivity index (χ4n) is 4.10. The van der Waals surface area contributed by atoms with Gasteiger partial charge in [-0.15, -0.1) is 0 Å². The Morgan fingerprint density at radius 2 is 1.68 bits per heavy atom. The molecule has 2 aromatic carbocycles. The molecule has 0 bridgehead atoms. The second-order valence-electron chi connectivity index (χ2n) is 8.13. The van der Waals surface area contributed by atoms with Crippen LogP contribution >= 0.6 is 0 Å². The van der Waals surface area contributed by atoms with Crippen LogP contribution in [0.5, 0.6) is 0 Å². The third-order valence-electron chi connectivity index (χ3n) is 5.69. The third-order valence-corrected chi connectivity index (χ3v) is 5.69. The zero-order valence-electron chi connectivity index (χ0n) is 18.7. The summed E-state index contributed by atoms with van der Waals surface area (Å²) >= 11 is 0. The van der Waals surface area contributed by atoms with Crippen LogP contribution in [0.25, 0.3) is 11.1 Å². The Kier molecular flexibility index (Phi) is 6.58. The molecule has 1 aromatic heterocycles. The van der Waals surface area contributed by atoms with E-state index in [1.54, 1.807) is 13.8 Å². The van der Waals surface area contributed by atoms with Crippen molar-refractivity contribution in [2.24, 2.45) is 0 Å². The Hall–Kier alpha value is -4.21. The molecule has 34 heavy (non-hydrogen) atoms. The Balaban J connectivity index is 1.40. The van der Waals surface area contributed by atoms with Gasteiger partial charge in [0.25, 0.3) is 0 Å². The molecule has 4 rings (SSSR count). The molecule has 0 saturated carbocycles. The van der Waals surface area contributed by atoms with Crippen molar-refractivity contribution in [2.45, 2.75) is 38.3 Å². The summed E-state index contributed by atoms with van der Waals surface area (Å²) in [6.45, 7) is 3.43. The topological polar surface area (TPSA) is 146 Å². The van der Waals surface area contributed by atoms with Crippen LogP contribution in [0.2, 0.25) is 0 Å². The number of hydrogen-bond acceptors (Lipinski definition) is 6. The number of nitrogens with one attached hydrogen (secondary N) is 3. The number of carboxylic acids is 1. The summed E-state index contributed by atoms with van der Waals surface area (Å²) in [5, 5.41) is 20.9. The molecule has 1 aliphatic rings. The fourth-order valence-corrected chi connectivity index (χ4v) is 4.10. The van der Waals surface area contributed by atoms with E-state index in [0.29, 0.717) is 11.6 Å². The second-order valence-corrected chi connectivity index (χ2v) is 8.13. The predicted octanol–water partition coefficient (Wildman–Crippen LogP) is 2.67. The number of hydrogen-bond donors (Lipinski definition) is 4. The van der Waals surface area contributed by atoms with Gasteiger partial charge in [-0.1, -0.05) is 48.5 Å². The Labute approximate surface area is 195 Å². The highest BCUT2D eigenvalue weighted by Crippen LogP contribution is 2.44. The number of carbonyl (C=O) groups is 3. The van der Waals surface area contributed by atoms with Gasteiger partial charge in [0.1, 0.15) is 18.5 Å². The molecule has 2 unspecified atom stereocenters. The van der Waals surface area contributed by atoms with E-state index in [4.69, 9.17) is 4.74 Å². The summed E-state index contributed by atoms with van der Waals surface area (Å²) in [4.78, 5) is 40.7. The van der Waals surface area contributed by atoms with Crippen LogP contribution in [0.1, 0.15) is 48.1 Å². The summed E-state index contributed by atoms with van der Waals surface area (Å²) in [6, 6.07) is 13.9. The van der Waals surface area contributed by atoms with Gasteiger partial charge in [-0.3, -0.25) is 14.7 Å². The molecule has 10 nitrogen and oxygen atoms in total. The summed E-state index contributed by atoms with van der Waals surface area (Å²) in [7, 11) is 0. The number of fused-ring (bicyclic) bond motifs is 3. The first-order chi connectivity index (χ1) is 16.3. The van der Waals surface area contributed by atoms with Crippen LogP contribution in [0.3, 0.4) is 0 Å². The minimum absolute atomic E-state index is 0.0497. The number of aliphatic carboxylic acids is 1. The minimum Gasteiger partial charge on any atom is -0.481 e. The monoisotopic (exact) mass is 463 g/mol. The predicted molar refractivity (Wildman–Crippen MR) is 122 cm³/mol. The standard InChI is InChI=1S/C24H25N5O5/c1-13(22-26-14(2)28-29-22)25-23(32)20(11-21(30)31)27-24(33)34-12-19-17-9-5-3-7-15(17)16-8-4-6-10-18(16)19/h3-10,13,19-20H,11-12H2,1-2H3,(H,25,32)(H,27,33)(H,30,31)(H,26,28,29). The van der Waals surface area contributed by atoms with Crippen molar-refractivity contribution in [3.8, 4) is 11.1 Å². The molecule has 2 amide bonds. The third kappa shape index (κ3) is 4.90. The molecule has 1 aliphatic carbocycles. The smallest absolute Gasteiger partial charge is 0.407 e. The molecule has 0 radical (unpaired) electrons. The molecule has 4 N–H and O–H groups in total. The Morgan fingerprint density at radius 1 is 1.06 bits per heavy atom. The number of carboxylic acid groups (broad SMARTS) is 1. The van der Waals surface area contributed by atoms with Gasteiger partial charge in [0.2, 0.25) is 5.91 Å². The fraction of sp³-hybridized carbons (Fsp3) is 0.292. The number of aromatic nitrogens is 3. The lowest BCUT2D eigenvalue weighted by Gasteiger charge is -2.20. The molecular formula is C24H25N5O5. The number of rotatable bonds is 8. The van der Waals surface area contributed by atoms with Crippen molar-refractivity contribution in [3.63, 3.8) is 0 Å². The number of aryl methyl sites for hydroxylation is 1. The summed E-state index contributed by atoms with van der Waals surface area (Å²) in [5.41, 5.74) is 4.27. The number of aromatic amines is 1. The average molecular weight is 463 g/mol. The number of carbonyl (C=O) groups excluding carboxylic acids is 2. The highest BCUT2D eigenvalue weighted by molar-refractivity contribution is 5.89. The van der Waals surface area contributed by atoms with Gasteiger partial charge in [0.05, 0.1) is 12.5 Å². The summed E-state index contributed by atoms with van der Waals surface area (Å²) in [5.74, 6) is -1.14. The number of alkyl carbamates (subject to hydrolysis) is 1. The maximum Gasteiger partial charge on any atom is 0.407 e. The molecule has 3 aromatic rings. The summed E-state index contributed by atoms with van der Waals surface area (Å²) < 4.78 is 5.44. The number of H-pyrrole nitrogens is 1. The molecule has 0 fully saturated rings. The van der Waals surface area contributed by atoms with Crippen molar-refractivity contribution < 1.29 is 24.2 Å². The van der Waals surface area contributed by atoms with E-state index in [9.17, 15) is 19.5 Å². The molecule has 0 aliphatic heterocycles. The SMILES string of the molecule is Cc1nc(C(C)NC(=O)C(CC(=O)O)NC(=O)OCC2c3ccccc3-c3ccccc32)n[nH]1. The zero-order valence-corrected chi connectivity index (χ0v) is 18.7. The van der Waals surface area contributed by atoms with Crippen molar-refractivity contribution >= 4 is 18.0 Å². The van der Waals surface area contributed by atoms with Gasteiger partial charge < -0.3 is 20.5 Å². The zero-order chi connectivity index (χ0) is 24.2. The van der Waals surface area contributed by atoms with Crippen molar-refractivity contribution in [3.05, 3.63) is 71.3 Å². The van der Waals surface area contributed by atoms with Crippen LogP contribution in [-0.2, 0) is 14.3 Å². The van der Waals surface area contributed by atoms with Gasteiger partial charge in [-0.2, -0.15) is 5.10 Å². The molecule has 2 atom stereocenters. The molecule has 176 valence electrons. The van der Waals surface area contributed by atoms with Crippen molar-refractivity contribution in [1.82, 2.24) is 25.8 Å². The van der Waals surface area contributed by atoms with E-state index >= 15 is 0 Å². The molecule has 0 spiro atoms. The molecule has 10 heteroatoms. The van der Waals surface area contributed by atoms with Gasteiger partial charge in [0.15, 0.2) is 5.82 Å². The average Bonchev–Trinajstić information content (AvgIpc) is 3.38. The van der Waals surface area contributed by atoms with Crippen LogP contribution < -0.4 is 10.6 Å². The summed E-state index contributed by atoms with van der Waals surface area (Å²) in [6.07, 6.45) is -1.47. The first kappa shape index (κ1) is 23.0. The minimum atomic E-state index is -1.32. The van der Waals surface area contributed by atoms with Crippen LogP contribution in [0, 0.1) is 6.92 Å². The van der Waals surface area contributed by atoms with Gasteiger partial charge in [0, 0.05) is 5.92 Å². The van der Waals surface area contributed by atoms with Crippen molar-refractivity contribution in [1.29, 1.82) is 0 Å². The molecule has 0 saturated heterocycles. The van der Waals surface area contributed by atoms with Crippen LogP contribution in [0.15, 0.2) is 48.5 Å². The first-order valence-electron chi connectivity index (χ1n) is 10.9.